The summed E-state index contributed by atoms with van der Waals surface area (Å²) in [4.78, 5) is 25.0. The van der Waals surface area contributed by atoms with E-state index in [0.29, 0.717) is 19.7 Å². The minimum atomic E-state index is -0.563. The van der Waals surface area contributed by atoms with Crippen molar-refractivity contribution in [3.8, 4) is 5.75 Å². The van der Waals surface area contributed by atoms with Crippen LogP contribution in [0.15, 0.2) is 48.5 Å². The number of ether oxygens (including phenoxy) is 2. The maximum absolute atomic E-state index is 12.8. The Morgan fingerprint density at radius 1 is 1.16 bits per heavy atom. The Kier molecular flexibility index (Phi) is 6.47. The highest BCUT2D eigenvalue weighted by Gasteiger charge is 2.21. The Morgan fingerprint density at radius 3 is 2.48 bits per heavy atom. The van der Waals surface area contributed by atoms with Gasteiger partial charge < -0.3 is 14.4 Å². The van der Waals surface area contributed by atoms with Crippen molar-refractivity contribution in [3.63, 3.8) is 0 Å². The molecule has 7 heteroatoms. The zero-order chi connectivity index (χ0) is 18.2. The molecule has 7 nitrogen and oxygen atoms in total. The van der Waals surface area contributed by atoms with Gasteiger partial charge in [0.15, 0.2) is 5.75 Å². The highest BCUT2D eigenvalue weighted by molar-refractivity contribution is 5.95. The van der Waals surface area contributed by atoms with Gasteiger partial charge in [-0.15, -0.1) is 0 Å². The minimum absolute atomic E-state index is 0.119. The Bertz CT molecular complexity index is 734. The molecule has 132 valence electrons. The maximum Gasteiger partial charge on any atom is 0.311 e. The van der Waals surface area contributed by atoms with Gasteiger partial charge in [-0.2, -0.15) is 0 Å². The van der Waals surface area contributed by atoms with Crippen LogP contribution in [0.4, 0.5) is 5.69 Å². The number of rotatable bonds is 8. The van der Waals surface area contributed by atoms with Crippen molar-refractivity contribution in [1.29, 1.82) is 0 Å². The van der Waals surface area contributed by atoms with Gasteiger partial charge in [0.25, 0.3) is 5.91 Å². The van der Waals surface area contributed by atoms with Crippen molar-refractivity contribution in [2.45, 2.75) is 6.54 Å². The van der Waals surface area contributed by atoms with Gasteiger partial charge in [0.2, 0.25) is 0 Å². The molecule has 2 aromatic carbocycles. The summed E-state index contributed by atoms with van der Waals surface area (Å²) < 4.78 is 10.0. The first-order valence-corrected chi connectivity index (χ1v) is 7.71. The first-order chi connectivity index (χ1) is 12.1. The van der Waals surface area contributed by atoms with Crippen molar-refractivity contribution >= 4 is 11.6 Å². The molecule has 0 unspecified atom stereocenters. The van der Waals surface area contributed by atoms with Gasteiger partial charge in [-0.3, -0.25) is 14.9 Å². The summed E-state index contributed by atoms with van der Waals surface area (Å²) in [5.41, 5.74) is 0.967. The van der Waals surface area contributed by atoms with Crippen molar-refractivity contribution < 1.29 is 19.2 Å². The molecule has 1 amide bonds. The molecule has 0 aliphatic rings. The zero-order valence-electron chi connectivity index (χ0n) is 14.2. The lowest BCUT2D eigenvalue weighted by Gasteiger charge is -2.22. The third-order valence-corrected chi connectivity index (χ3v) is 3.69. The molecule has 0 fully saturated rings. The number of carbonyl (C=O) groups excluding carboxylic acids is 1. The summed E-state index contributed by atoms with van der Waals surface area (Å²) in [6.45, 7) is 1.14. The smallest absolute Gasteiger partial charge is 0.311 e. The molecule has 2 rings (SSSR count). The van der Waals surface area contributed by atoms with E-state index >= 15 is 0 Å². The monoisotopic (exact) mass is 344 g/mol. The quantitative estimate of drug-likeness (QED) is 0.543. The van der Waals surface area contributed by atoms with E-state index in [-0.39, 0.29) is 22.9 Å². The number of carbonyl (C=O) groups is 1. The standard InChI is InChI=1S/C18H20N2O5/c1-24-11-10-19(13-14-6-4-3-5-7-14)18(21)15-8-9-17(25-2)16(12-15)20(22)23/h3-9,12H,10-11,13H2,1-2H3. The summed E-state index contributed by atoms with van der Waals surface area (Å²) in [6, 6.07) is 13.7. The van der Waals surface area contributed by atoms with Crippen LogP contribution in [-0.4, -0.2) is 43.1 Å². The number of nitrogens with zero attached hydrogens (tertiary/aromatic N) is 2. The molecule has 0 atom stereocenters. The molecule has 0 spiro atoms. The molecule has 25 heavy (non-hydrogen) atoms. The molecule has 0 saturated heterocycles. The maximum atomic E-state index is 12.8. The molecule has 2 aromatic rings. The van der Waals surface area contributed by atoms with Crippen LogP contribution in [0.3, 0.4) is 0 Å². The average Bonchev–Trinajstić information content (AvgIpc) is 2.64. The molecular weight excluding hydrogens is 324 g/mol. The lowest BCUT2D eigenvalue weighted by Crippen LogP contribution is -2.33. The molecule has 0 saturated carbocycles. The van der Waals surface area contributed by atoms with Gasteiger partial charge in [-0.1, -0.05) is 30.3 Å². The van der Waals surface area contributed by atoms with Gasteiger partial charge in [0.05, 0.1) is 18.6 Å². The van der Waals surface area contributed by atoms with Crippen LogP contribution in [0.1, 0.15) is 15.9 Å². The van der Waals surface area contributed by atoms with E-state index in [9.17, 15) is 14.9 Å². The van der Waals surface area contributed by atoms with Crippen LogP contribution in [-0.2, 0) is 11.3 Å². The summed E-state index contributed by atoms with van der Waals surface area (Å²) >= 11 is 0. The Labute approximate surface area is 145 Å². The lowest BCUT2D eigenvalue weighted by atomic mass is 10.1. The molecular formula is C18H20N2O5. The van der Waals surface area contributed by atoms with E-state index in [1.54, 1.807) is 12.0 Å². The first-order valence-electron chi connectivity index (χ1n) is 7.71. The van der Waals surface area contributed by atoms with Crippen LogP contribution in [0.2, 0.25) is 0 Å². The highest BCUT2D eigenvalue weighted by atomic mass is 16.6. The lowest BCUT2D eigenvalue weighted by molar-refractivity contribution is -0.385. The first kappa shape index (κ1) is 18.4. The number of nitro groups is 1. The van der Waals surface area contributed by atoms with E-state index < -0.39 is 4.92 Å². The SMILES string of the molecule is COCCN(Cc1ccccc1)C(=O)c1ccc(OC)c([N+](=O)[O-])c1. The van der Waals surface area contributed by atoms with Crippen LogP contribution >= 0.6 is 0 Å². The van der Waals surface area contributed by atoms with Crippen molar-refractivity contribution in [2.24, 2.45) is 0 Å². The second-order valence-electron chi connectivity index (χ2n) is 5.35. The molecule has 0 aliphatic carbocycles. The second kappa shape index (κ2) is 8.79. The molecule has 0 aromatic heterocycles. The molecule has 0 N–H and O–H groups in total. The van der Waals surface area contributed by atoms with Gasteiger partial charge in [0.1, 0.15) is 0 Å². The summed E-state index contributed by atoms with van der Waals surface area (Å²) in [6.07, 6.45) is 0. The van der Waals surface area contributed by atoms with Crippen molar-refractivity contribution in [1.82, 2.24) is 4.90 Å². The highest BCUT2D eigenvalue weighted by Crippen LogP contribution is 2.28. The summed E-state index contributed by atoms with van der Waals surface area (Å²) in [5.74, 6) is -0.181. The van der Waals surface area contributed by atoms with E-state index in [0.717, 1.165) is 5.56 Å². The number of methoxy groups -OCH3 is 2. The number of nitro benzene ring substituents is 1. The van der Waals surface area contributed by atoms with E-state index in [1.165, 1.54) is 25.3 Å². The fourth-order valence-corrected chi connectivity index (χ4v) is 2.41. The molecule has 0 heterocycles. The van der Waals surface area contributed by atoms with Crippen molar-refractivity contribution in [3.05, 3.63) is 69.8 Å². The van der Waals surface area contributed by atoms with Gasteiger partial charge in [-0.05, 0) is 17.7 Å². The largest absolute Gasteiger partial charge is 0.490 e. The molecule has 0 bridgehead atoms. The van der Waals surface area contributed by atoms with Crippen LogP contribution in [0.5, 0.6) is 5.75 Å². The van der Waals surface area contributed by atoms with Gasteiger partial charge in [-0.25, -0.2) is 0 Å². The summed E-state index contributed by atoms with van der Waals surface area (Å²) in [7, 11) is 2.91. The molecule has 0 aliphatic heterocycles. The van der Waals surface area contributed by atoms with Gasteiger partial charge in [0, 0.05) is 31.8 Å². The predicted octanol–water partition coefficient (Wildman–Crippen LogP) is 2.89. The second-order valence-corrected chi connectivity index (χ2v) is 5.35. The normalized spacial score (nSPS) is 10.3. The zero-order valence-corrected chi connectivity index (χ0v) is 14.2. The fourth-order valence-electron chi connectivity index (χ4n) is 2.41. The van der Waals surface area contributed by atoms with Crippen LogP contribution < -0.4 is 4.74 Å². The van der Waals surface area contributed by atoms with E-state index in [4.69, 9.17) is 9.47 Å². The van der Waals surface area contributed by atoms with Gasteiger partial charge >= 0.3 is 5.69 Å². The number of amides is 1. The third-order valence-electron chi connectivity index (χ3n) is 3.69. The Balaban J connectivity index is 2.29. The number of hydrogen-bond acceptors (Lipinski definition) is 5. The van der Waals surface area contributed by atoms with Crippen LogP contribution in [0.25, 0.3) is 0 Å². The average molecular weight is 344 g/mol. The summed E-state index contributed by atoms with van der Waals surface area (Å²) in [5, 5.41) is 11.2. The Hall–Kier alpha value is -2.93. The Morgan fingerprint density at radius 2 is 1.88 bits per heavy atom. The minimum Gasteiger partial charge on any atom is -0.490 e. The number of benzene rings is 2. The molecule has 0 radical (unpaired) electrons. The predicted molar refractivity (Wildman–Crippen MR) is 92.7 cm³/mol. The van der Waals surface area contributed by atoms with Crippen LogP contribution in [0, 0.1) is 10.1 Å². The van der Waals surface area contributed by atoms with E-state index in [2.05, 4.69) is 0 Å². The van der Waals surface area contributed by atoms with E-state index in [1.807, 2.05) is 30.3 Å². The topological polar surface area (TPSA) is 81.9 Å². The number of hydrogen-bond donors (Lipinski definition) is 0. The fraction of sp³-hybridized carbons (Fsp3) is 0.278. The van der Waals surface area contributed by atoms with Crippen molar-refractivity contribution in [2.75, 3.05) is 27.4 Å². The third kappa shape index (κ3) is 4.77.